The van der Waals surface area contributed by atoms with Gasteiger partial charge in [0.05, 0.1) is 16.3 Å². The maximum Gasteiger partial charge on any atom is 0.233 e. The van der Waals surface area contributed by atoms with Gasteiger partial charge in [0.15, 0.2) is 0 Å². The second kappa shape index (κ2) is 8.60. The minimum atomic E-state index is -0.146. The first kappa shape index (κ1) is 18.8. The second-order valence-corrected chi connectivity index (χ2v) is 8.01. The molecule has 1 N–H and O–H groups in total. The van der Waals surface area contributed by atoms with E-state index in [9.17, 15) is 4.79 Å². The summed E-state index contributed by atoms with van der Waals surface area (Å²) in [4.78, 5) is 17.9. The highest BCUT2D eigenvalue weighted by Crippen LogP contribution is 2.24. The van der Waals surface area contributed by atoms with Gasteiger partial charge in [0.2, 0.25) is 5.91 Å². The third kappa shape index (κ3) is 4.59. The molecule has 0 aliphatic rings. The van der Waals surface area contributed by atoms with Gasteiger partial charge in [-0.2, -0.15) is 0 Å². The van der Waals surface area contributed by atoms with Crippen molar-refractivity contribution in [3.8, 4) is 0 Å². The summed E-state index contributed by atoms with van der Waals surface area (Å²) in [6.07, 6.45) is 0.866. The zero-order chi connectivity index (χ0) is 18.5. The van der Waals surface area contributed by atoms with Crippen molar-refractivity contribution >= 4 is 40.3 Å². The molecule has 0 unspecified atom stereocenters. The molecule has 3 rings (SSSR count). The van der Waals surface area contributed by atoms with Crippen LogP contribution in [0.3, 0.4) is 0 Å². The second-order valence-electron chi connectivity index (χ2n) is 6.16. The van der Waals surface area contributed by atoms with Gasteiger partial charge < -0.3 is 9.88 Å². The molecule has 0 aliphatic heterocycles. The van der Waals surface area contributed by atoms with Crippen LogP contribution in [0.25, 0.3) is 11.0 Å². The average molecular weight is 388 g/mol. The number of carbonyl (C=O) groups is 1. The zero-order valence-electron chi connectivity index (χ0n) is 14.9. The molecule has 6 heteroatoms. The van der Waals surface area contributed by atoms with E-state index in [4.69, 9.17) is 11.6 Å². The lowest BCUT2D eigenvalue weighted by atomic mass is 10.3. The number of para-hydroxylation sites is 2. The monoisotopic (exact) mass is 387 g/mol. The molecule has 0 saturated carbocycles. The minimum absolute atomic E-state index is 0.0529. The molecule has 0 bridgehead atoms. The number of fused-ring (bicyclic) bond motifs is 1. The molecule has 0 fully saturated rings. The van der Waals surface area contributed by atoms with Crippen LogP contribution >= 0.6 is 23.4 Å². The summed E-state index contributed by atoms with van der Waals surface area (Å²) in [6, 6.07) is 15.7. The molecule has 0 saturated heterocycles. The lowest BCUT2D eigenvalue weighted by Crippen LogP contribution is -2.32. The summed E-state index contributed by atoms with van der Waals surface area (Å²) in [5, 5.41) is 3.58. The third-order valence-corrected chi connectivity index (χ3v) is 5.56. The van der Waals surface area contributed by atoms with Crippen molar-refractivity contribution in [1.29, 1.82) is 0 Å². The van der Waals surface area contributed by atoms with E-state index in [0.29, 0.717) is 11.6 Å². The Balaban J connectivity index is 1.47. The molecule has 4 nitrogen and oxygen atoms in total. The number of carbonyl (C=O) groups excluding carboxylic acids is 1. The maximum atomic E-state index is 12.3. The fourth-order valence-corrected chi connectivity index (χ4v) is 3.86. The fourth-order valence-electron chi connectivity index (χ4n) is 2.84. The highest BCUT2D eigenvalue weighted by Gasteiger charge is 2.14. The highest BCUT2D eigenvalue weighted by molar-refractivity contribution is 8.00. The van der Waals surface area contributed by atoms with Gasteiger partial charge in [0.1, 0.15) is 5.82 Å². The molecule has 136 valence electrons. The summed E-state index contributed by atoms with van der Waals surface area (Å²) < 4.78 is 2.20. The standard InChI is InChI=1S/C20H22ClN3OS/c1-14(26-17-10-8-16(21)9-11-17)20(25)22-12-5-13-24-15(2)23-18-6-3-4-7-19(18)24/h3-4,6-11,14H,5,12-13H2,1-2H3,(H,22,25)/t14-/m0/s1. The Kier molecular flexibility index (Phi) is 6.22. The Bertz CT molecular complexity index is 892. The summed E-state index contributed by atoms with van der Waals surface area (Å²) in [7, 11) is 0. The fraction of sp³-hybridized carbons (Fsp3) is 0.300. The number of hydrogen-bond acceptors (Lipinski definition) is 3. The minimum Gasteiger partial charge on any atom is -0.355 e. The van der Waals surface area contributed by atoms with Gasteiger partial charge in [-0.05, 0) is 56.7 Å². The predicted octanol–water partition coefficient (Wildman–Crippen LogP) is 4.69. The number of halogens is 1. The van der Waals surface area contributed by atoms with Crippen molar-refractivity contribution in [2.24, 2.45) is 0 Å². The van der Waals surface area contributed by atoms with E-state index in [1.807, 2.05) is 56.3 Å². The van der Waals surface area contributed by atoms with Crippen LogP contribution in [0.4, 0.5) is 0 Å². The Morgan fingerprint density at radius 2 is 1.96 bits per heavy atom. The van der Waals surface area contributed by atoms with Crippen LogP contribution in [0, 0.1) is 6.92 Å². The molecular weight excluding hydrogens is 366 g/mol. The van der Waals surface area contributed by atoms with E-state index in [-0.39, 0.29) is 11.2 Å². The molecule has 0 spiro atoms. The molecule has 2 aromatic carbocycles. The Hall–Kier alpha value is -1.98. The molecule has 0 radical (unpaired) electrons. The number of nitrogens with one attached hydrogen (secondary N) is 1. The van der Waals surface area contributed by atoms with Gasteiger partial charge in [-0.25, -0.2) is 4.98 Å². The van der Waals surface area contributed by atoms with Crippen LogP contribution < -0.4 is 5.32 Å². The highest BCUT2D eigenvalue weighted by atomic mass is 35.5. The van der Waals surface area contributed by atoms with Crippen LogP contribution in [0.5, 0.6) is 0 Å². The summed E-state index contributed by atoms with van der Waals surface area (Å²) in [5.41, 5.74) is 2.16. The Labute approximate surface area is 163 Å². The first-order valence-corrected chi connectivity index (χ1v) is 9.92. The normalized spacial score (nSPS) is 12.3. The number of thioether (sulfide) groups is 1. The van der Waals surface area contributed by atoms with Crippen LogP contribution in [0.2, 0.25) is 5.02 Å². The topological polar surface area (TPSA) is 46.9 Å². The first-order chi connectivity index (χ1) is 12.5. The molecule has 1 aromatic heterocycles. The largest absolute Gasteiger partial charge is 0.355 e. The van der Waals surface area contributed by atoms with Crippen molar-refractivity contribution in [2.45, 2.75) is 37.0 Å². The number of imidazole rings is 1. The summed E-state index contributed by atoms with van der Waals surface area (Å²) >= 11 is 7.42. The molecule has 1 heterocycles. The molecule has 1 amide bonds. The third-order valence-electron chi connectivity index (χ3n) is 4.20. The Morgan fingerprint density at radius 3 is 2.73 bits per heavy atom. The predicted molar refractivity (Wildman–Crippen MR) is 109 cm³/mol. The number of nitrogens with zero attached hydrogens (tertiary/aromatic N) is 2. The van der Waals surface area contributed by atoms with Gasteiger partial charge in [0.25, 0.3) is 0 Å². The average Bonchev–Trinajstić information content (AvgIpc) is 2.95. The van der Waals surface area contributed by atoms with E-state index in [0.717, 1.165) is 34.7 Å². The van der Waals surface area contributed by atoms with Gasteiger partial charge >= 0.3 is 0 Å². The van der Waals surface area contributed by atoms with Crippen molar-refractivity contribution in [3.63, 3.8) is 0 Å². The first-order valence-electron chi connectivity index (χ1n) is 8.66. The van der Waals surface area contributed by atoms with Crippen LogP contribution in [-0.2, 0) is 11.3 Å². The lowest BCUT2D eigenvalue weighted by molar-refractivity contribution is -0.120. The maximum absolute atomic E-state index is 12.3. The van der Waals surface area contributed by atoms with Gasteiger partial charge in [-0.3, -0.25) is 4.79 Å². The van der Waals surface area contributed by atoms with E-state index in [1.165, 1.54) is 11.8 Å². The quantitative estimate of drug-likeness (QED) is 0.472. The van der Waals surface area contributed by atoms with Gasteiger partial charge in [-0.1, -0.05) is 23.7 Å². The van der Waals surface area contributed by atoms with Crippen molar-refractivity contribution < 1.29 is 4.79 Å². The summed E-state index contributed by atoms with van der Waals surface area (Å²) in [6.45, 7) is 5.42. The molecule has 1 atom stereocenters. The lowest BCUT2D eigenvalue weighted by Gasteiger charge is -2.13. The smallest absolute Gasteiger partial charge is 0.233 e. The van der Waals surface area contributed by atoms with Crippen molar-refractivity contribution in [3.05, 3.63) is 59.4 Å². The van der Waals surface area contributed by atoms with E-state index in [2.05, 4.69) is 20.9 Å². The number of rotatable bonds is 7. The zero-order valence-corrected chi connectivity index (χ0v) is 16.5. The SMILES string of the molecule is Cc1nc2ccccc2n1CCCNC(=O)[C@H](C)Sc1ccc(Cl)cc1. The van der Waals surface area contributed by atoms with Gasteiger partial charge in [0, 0.05) is 23.0 Å². The Morgan fingerprint density at radius 1 is 1.23 bits per heavy atom. The van der Waals surface area contributed by atoms with Gasteiger partial charge in [-0.15, -0.1) is 11.8 Å². The molecule has 3 aromatic rings. The number of amides is 1. The van der Waals surface area contributed by atoms with E-state index < -0.39 is 0 Å². The van der Waals surface area contributed by atoms with Crippen molar-refractivity contribution in [1.82, 2.24) is 14.9 Å². The summed E-state index contributed by atoms with van der Waals surface area (Å²) in [5.74, 6) is 1.06. The molecule has 0 aliphatic carbocycles. The number of benzene rings is 2. The number of aryl methyl sites for hydroxylation is 2. The molecule has 26 heavy (non-hydrogen) atoms. The van der Waals surface area contributed by atoms with E-state index >= 15 is 0 Å². The number of aromatic nitrogens is 2. The van der Waals surface area contributed by atoms with Crippen LogP contribution in [-0.4, -0.2) is 27.3 Å². The number of hydrogen-bond donors (Lipinski definition) is 1. The van der Waals surface area contributed by atoms with Crippen molar-refractivity contribution in [2.75, 3.05) is 6.54 Å². The van der Waals surface area contributed by atoms with E-state index in [1.54, 1.807) is 0 Å². The van der Waals surface area contributed by atoms with Crippen LogP contribution in [0.15, 0.2) is 53.4 Å². The van der Waals surface area contributed by atoms with Crippen LogP contribution in [0.1, 0.15) is 19.2 Å². The molecular formula is C20H22ClN3OS.